The highest BCUT2D eigenvalue weighted by atomic mass is 16.5. The Morgan fingerprint density at radius 3 is 3.09 bits per heavy atom. The van der Waals surface area contributed by atoms with E-state index in [1.165, 1.54) is 12.8 Å². The molecule has 2 aromatic heterocycles. The molecular formula is C17H20N2O4. The quantitative estimate of drug-likeness (QED) is 0.848. The second-order valence-electron chi connectivity index (χ2n) is 6.40. The van der Waals surface area contributed by atoms with Crippen molar-refractivity contribution in [2.75, 3.05) is 13.2 Å². The summed E-state index contributed by atoms with van der Waals surface area (Å²) in [5.41, 5.74) is 2.66. The van der Waals surface area contributed by atoms with E-state index in [2.05, 4.69) is 5.16 Å². The van der Waals surface area contributed by atoms with E-state index in [9.17, 15) is 4.79 Å². The van der Waals surface area contributed by atoms with Crippen molar-refractivity contribution in [1.82, 2.24) is 10.1 Å². The van der Waals surface area contributed by atoms with Gasteiger partial charge in [-0.05, 0) is 31.7 Å². The molecule has 0 unspecified atom stereocenters. The number of amides is 1. The van der Waals surface area contributed by atoms with Gasteiger partial charge in [-0.3, -0.25) is 4.79 Å². The predicted molar refractivity (Wildman–Crippen MR) is 80.8 cm³/mol. The second kappa shape index (κ2) is 5.85. The van der Waals surface area contributed by atoms with Crippen molar-refractivity contribution >= 4 is 5.91 Å². The first-order chi connectivity index (χ1) is 11.2. The Balaban J connectivity index is 1.46. The fourth-order valence-corrected chi connectivity index (χ4v) is 2.89. The van der Waals surface area contributed by atoms with Crippen LogP contribution in [-0.2, 0) is 24.3 Å². The lowest BCUT2D eigenvalue weighted by Crippen LogP contribution is -2.36. The number of hydrogen-bond acceptors (Lipinski definition) is 5. The number of ether oxygens (including phenoxy) is 1. The molecule has 1 aliphatic heterocycles. The van der Waals surface area contributed by atoms with Crippen molar-refractivity contribution in [3.05, 3.63) is 40.7 Å². The maximum atomic E-state index is 12.6. The molecule has 3 heterocycles. The summed E-state index contributed by atoms with van der Waals surface area (Å²) in [6.07, 6.45) is 4.76. The molecule has 6 nitrogen and oxygen atoms in total. The molecule has 23 heavy (non-hydrogen) atoms. The van der Waals surface area contributed by atoms with E-state index < -0.39 is 0 Å². The maximum absolute atomic E-state index is 12.6. The van der Waals surface area contributed by atoms with Gasteiger partial charge in [-0.1, -0.05) is 5.16 Å². The minimum Gasteiger partial charge on any atom is -0.459 e. The summed E-state index contributed by atoms with van der Waals surface area (Å²) in [7, 11) is 0. The first-order valence-electron chi connectivity index (χ1n) is 8.10. The van der Waals surface area contributed by atoms with E-state index in [1.807, 2.05) is 6.92 Å². The predicted octanol–water partition coefficient (Wildman–Crippen LogP) is 2.70. The van der Waals surface area contributed by atoms with Crippen molar-refractivity contribution in [3.63, 3.8) is 0 Å². The topological polar surface area (TPSA) is 68.7 Å². The first-order valence-corrected chi connectivity index (χ1v) is 8.10. The van der Waals surface area contributed by atoms with Crippen LogP contribution in [0.3, 0.4) is 0 Å². The Kier molecular flexibility index (Phi) is 3.69. The largest absolute Gasteiger partial charge is 0.459 e. The number of carbonyl (C=O) groups is 1. The Morgan fingerprint density at radius 1 is 1.48 bits per heavy atom. The molecule has 1 amide bonds. The van der Waals surface area contributed by atoms with E-state index in [0.29, 0.717) is 31.9 Å². The van der Waals surface area contributed by atoms with Gasteiger partial charge in [-0.15, -0.1) is 0 Å². The van der Waals surface area contributed by atoms with Crippen LogP contribution < -0.4 is 0 Å². The molecule has 0 N–H and O–H groups in total. The smallest absolute Gasteiger partial charge is 0.290 e. The van der Waals surface area contributed by atoms with E-state index in [0.717, 1.165) is 35.1 Å². The van der Waals surface area contributed by atoms with Crippen molar-refractivity contribution in [2.45, 2.75) is 39.3 Å². The molecule has 2 aromatic rings. The molecule has 6 heteroatoms. The van der Waals surface area contributed by atoms with Crippen molar-refractivity contribution in [3.8, 4) is 0 Å². The van der Waals surface area contributed by atoms with Gasteiger partial charge < -0.3 is 18.6 Å². The highest BCUT2D eigenvalue weighted by Gasteiger charge is 2.29. The van der Waals surface area contributed by atoms with Gasteiger partial charge in [0.15, 0.2) is 5.76 Å². The lowest BCUT2D eigenvalue weighted by molar-refractivity contribution is 0.0692. The molecule has 122 valence electrons. The number of rotatable bonds is 5. The fourth-order valence-electron chi connectivity index (χ4n) is 2.89. The van der Waals surface area contributed by atoms with Crippen molar-refractivity contribution < 1.29 is 18.5 Å². The number of fused-ring (bicyclic) bond motifs is 1. The Bertz CT molecular complexity index is 714. The van der Waals surface area contributed by atoms with Crippen LogP contribution >= 0.6 is 0 Å². The third-order valence-corrected chi connectivity index (χ3v) is 4.54. The average molecular weight is 316 g/mol. The zero-order chi connectivity index (χ0) is 15.8. The second-order valence-corrected chi connectivity index (χ2v) is 6.40. The molecule has 4 rings (SSSR count). The summed E-state index contributed by atoms with van der Waals surface area (Å²) in [6, 6.07) is 1.80. The molecule has 0 saturated heterocycles. The van der Waals surface area contributed by atoms with Crippen LogP contribution in [0.4, 0.5) is 0 Å². The summed E-state index contributed by atoms with van der Waals surface area (Å²) in [5, 5.41) is 4.13. The number of aromatic nitrogens is 1. The number of furan rings is 1. The summed E-state index contributed by atoms with van der Waals surface area (Å²) in [6.45, 7) is 4.24. The van der Waals surface area contributed by atoms with Crippen LogP contribution in [0.2, 0.25) is 0 Å². The minimum atomic E-state index is -0.0794. The highest BCUT2D eigenvalue weighted by Crippen LogP contribution is 2.30. The van der Waals surface area contributed by atoms with Crippen LogP contribution in [0.1, 0.15) is 46.0 Å². The van der Waals surface area contributed by atoms with Crippen LogP contribution in [0, 0.1) is 12.8 Å². The molecular weight excluding hydrogens is 296 g/mol. The normalized spacial score (nSPS) is 17.3. The summed E-state index contributed by atoms with van der Waals surface area (Å²) in [4.78, 5) is 14.4. The summed E-state index contributed by atoms with van der Waals surface area (Å²) < 4.78 is 16.4. The lowest BCUT2D eigenvalue weighted by Gasteiger charge is -2.25. The number of aryl methyl sites for hydroxylation is 1. The SMILES string of the molecule is Cc1ccoc1C(=O)N1CCc2onc(COCC3CC3)c2C1. The van der Waals surface area contributed by atoms with E-state index in [4.69, 9.17) is 13.7 Å². The Labute approximate surface area is 134 Å². The van der Waals surface area contributed by atoms with Crippen molar-refractivity contribution in [2.24, 2.45) is 5.92 Å². The monoisotopic (exact) mass is 316 g/mol. The van der Waals surface area contributed by atoms with Gasteiger partial charge in [0.25, 0.3) is 5.91 Å². The maximum Gasteiger partial charge on any atom is 0.290 e. The van der Waals surface area contributed by atoms with Gasteiger partial charge in [-0.2, -0.15) is 0 Å². The van der Waals surface area contributed by atoms with Gasteiger partial charge in [0, 0.05) is 30.7 Å². The molecule has 1 saturated carbocycles. The summed E-state index contributed by atoms with van der Waals surface area (Å²) >= 11 is 0. The third-order valence-electron chi connectivity index (χ3n) is 4.54. The molecule has 0 bridgehead atoms. The van der Waals surface area contributed by atoms with Crippen LogP contribution in [0.5, 0.6) is 0 Å². The molecule has 0 atom stereocenters. The van der Waals surface area contributed by atoms with E-state index in [-0.39, 0.29) is 5.91 Å². The molecule has 2 aliphatic rings. The standard InChI is InChI=1S/C17H20N2O4/c1-11-5-7-22-16(11)17(20)19-6-4-15-13(8-19)14(18-23-15)10-21-9-12-2-3-12/h5,7,12H,2-4,6,8-10H2,1H3. The zero-order valence-corrected chi connectivity index (χ0v) is 13.2. The number of nitrogens with zero attached hydrogens (tertiary/aromatic N) is 2. The summed E-state index contributed by atoms with van der Waals surface area (Å²) in [5.74, 6) is 1.92. The molecule has 0 radical (unpaired) electrons. The van der Waals surface area contributed by atoms with Crippen molar-refractivity contribution in [1.29, 1.82) is 0 Å². The van der Waals surface area contributed by atoms with Crippen LogP contribution in [-0.4, -0.2) is 29.1 Å². The van der Waals surface area contributed by atoms with E-state index in [1.54, 1.807) is 17.2 Å². The highest BCUT2D eigenvalue weighted by molar-refractivity contribution is 5.93. The molecule has 0 aromatic carbocycles. The third kappa shape index (κ3) is 2.91. The molecule has 1 aliphatic carbocycles. The number of hydrogen-bond donors (Lipinski definition) is 0. The first kappa shape index (κ1) is 14.5. The zero-order valence-electron chi connectivity index (χ0n) is 13.2. The number of carbonyl (C=O) groups excluding carboxylic acids is 1. The van der Waals surface area contributed by atoms with Gasteiger partial charge in [0.1, 0.15) is 11.5 Å². The average Bonchev–Trinajstić information content (AvgIpc) is 3.15. The lowest BCUT2D eigenvalue weighted by atomic mass is 10.1. The fraction of sp³-hybridized carbons (Fsp3) is 0.529. The van der Waals surface area contributed by atoms with Crippen LogP contribution in [0.25, 0.3) is 0 Å². The van der Waals surface area contributed by atoms with Crippen LogP contribution in [0.15, 0.2) is 21.3 Å². The van der Waals surface area contributed by atoms with Gasteiger partial charge in [-0.25, -0.2) is 0 Å². The Hall–Kier alpha value is -2.08. The van der Waals surface area contributed by atoms with E-state index >= 15 is 0 Å². The van der Waals surface area contributed by atoms with Gasteiger partial charge >= 0.3 is 0 Å². The van der Waals surface area contributed by atoms with Gasteiger partial charge in [0.05, 0.1) is 19.4 Å². The Morgan fingerprint density at radius 2 is 2.35 bits per heavy atom. The minimum absolute atomic E-state index is 0.0794. The van der Waals surface area contributed by atoms with Gasteiger partial charge in [0.2, 0.25) is 0 Å². The molecule has 0 spiro atoms. The molecule has 1 fully saturated rings.